The molecule has 7 heteroatoms. The van der Waals surface area contributed by atoms with E-state index in [0.717, 1.165) is 55.9 Å². The van der Waals surface area contributed by atoms with Gasteiger partial charge in [0.1, 0.15) is 12.1 Å². The van der Waals surface area contributed by atoms with Crippen LogP contribution in [0.1, 0.15) is 12.8 Å². The van der Waals surface area contributed by atoms with Gasteiger partial charge in [0.05, 0.1) is 17.7 Å². The first kappa shape index (κ1) is 15.2. The molecule has 0 saturated carbocycles. The van der Waals surface area contributed by atoms with Crippen LogP contribution < -0.4 is 4.90 Å². The predicted molar refractivity (Wildman–Crippen MR) is 86.0 cm³/mol. The number of rotatable bonds is 6. The largest absolute Gasteiger partial charge is 0.376 e. The number of hydrogen-bond donors (Lipinski definition) is 0. The molecule has 7 nitrogen and oxygen atoms in total. The average molecular weight is 304 g/mol. The number of aromatic nitrogens is 4. The number of likely N-dealkylation sites (N-methyl/N-ethyl adjacent to an activating group) is 1. The van der Waals surface area contributed by atoms with Gasteiger partial charge in [-0.05, 0) is 26.9 Å². The normalized spacial score (nSPS) is 18.5. The summed E-state index contributed by atoms with van der Waals surface area (Å²) in [5, 5.41) is 5.31. The van der Waals surface area contributed by atoms with Crippen LogP contribution >= 0.6 is 0 Å². The third-order valence-corrected chi connectivity index (χ3v) is 4.07. The Balaban J connectivity index is 1.88. The first-order valence-corrected chi connectivity index (χ1v) is 7.79. The Bertz CT molecular complexity index is 620. The van der Waals surface area contributed by atoms with Crippen molar-refractivity contribution in [3.8, 4) is 0 Å². The van der Waals surface area contributed by atoms with E-state index in [1.54, 1.807) is 11.0 Å². The van der Waals surface area contributed by atoms with E-state index >= 15 is 0 Å². The monoisotopic (exact) mass is 304 g/mol. The van der Waals surface area contributed by atoms with Crippen molar-refractivity contribution in [1.82, 2.24) is 24.6 Å². The number of ether oxygens (including phenoxy) is 1. The molecule has 2 aromatic rings. The zero-order valence-electron chi connectivity index (χ0n) is 13.6. The molecule has 120 valence electrons. The van der Waals surface area contributed by atoms with E-state index in [2.05, 4.69) is 39.0 Å². The van der Waals surface area contributed by atoms with Crippen LogP contribution in [0.5, 0.6) is 0 Å². The van der Waals surface area contributed by atoms with Crippen molar-refractivity contribution in [3.63, 3.8) is 0 Å². The van der Waals surface area contributed by atoms with Gasteiger partial charge < -0.3 is 14.5 Å². The van der Waals surface area contributed by atoms with Crippen molar-refractivity contribution in [2.24, 2.45) is 7.05 Å². The summed E-state index contributed by atoms with van der Waals surface area (Å²) >= 11 is 0. The van der Waals surface area contributed by atoms with Crippen molar-refractivity contribution in [1.29, 1.82) is 0 Å². The fraction of sp³-hybridized carbons (Fsp3) is 0.667. The predicted octanol–water partition coefficient (Wildman–Crippen LogP) is 0.910. The Morgan fingerprint density at radius 2 is 2.18 bits per heavy atom. The number of fused-ring (bicyclic) bond motifs is 1. The fourth-order valence-electron chi connectivity index (χ4n) is 2.84. The van der Waals surface area contributed by atoms with E-state index < -0.39 is 0 Å². The highest BCUT2D eigenvalue weighted by atomic mass is 16.5. The Hall–Kier alpha value is -1.73. The fourth-order valence-corrected chi connectivity index (χ4v) is 2.84. The minimum absolute atomic E-state index is 0.295. The maximum atomic E-state index is 5.81. The SMILES string of the molecule is CN(C)CCN(CC1CCCO1)c1ncnc2c1cnn2C. The van der Waals surface area contributed by atoms with Gasteiger partial charge >= 0.3 is 0 Å². The number of anilines is 1. The number of hydrogen-bond acceptors (Lipinski definition) is 6. The summed E-state index contributed by atoms with van der Waals surface area (Å²) < 4.78 is 7.60. The quantitative estimate of drug-likeness (QED) is 0.790. The summed E-state index contributed by atoms with van der Waals surface area (Å²) in [6.07, 6.45) is 6.04. The zero-order chi connectivity index (χ0) is 15.5. The van der Waals surface area contributed by atoms with Crippen molar-refractivity contribution in [2.75, 3.05) is 45.2 Å². The molecule has 1 atom stereocenters. The van der Waals surface area contributed by atoms with Crippen LogP contribution in [0.4, 0.5) is 5.82 Å². The zero-order valence-corrected chi connectivity index (χ0v) is 13.6. The van der Waals surface area contributed by atoms with Gasteiger partial charge in [-0.1, -0.05) is 0 Å². The van der Waals surface area contributed by atoms with Gasteiger partial charge in [0.25, 0.3) is 0 Å². The van der Waals surface area contributed by atoms with E-state index in [1.165, 1.54) is 0 Å². The summed E-state index contributed by atoms with van der Waals surface area (Å²) in [4.78, 5) is 13.4. The maximum absolute atomic E-state index is 5.81. The summed E-state index contributed by atoms with van der Waals surface area (Å²) in [6.45, 7) is 3.62. The molecule has 1 saturated heterocycles. The average Bonchev–Trinajstić information content (AvgIpc) is 3.13. The van der Waals surface area contributed by atoms with E-state index in [0.29, 0.717) is 6.10 Å². The Labute approximate surface area is 130 Å². The van der Waals surface area contributed by atoms with E-state index in [1.807, 2.05) is 13.2 Å². The lowest BCUT2D eigenvalue weighted by molar-refractivity contribution is 0.115. The summed E-state index contributed by atoms with van der Waals surface area (Å²) in [5.41, 5.74) is 0.868. The van der Waals surface area contributed by atoms with E-state index in [9.17, 15) is 0 Å². The molecule has 22 heavy (non-hydrogen) atoms. The lowest BCUT2D eigenvalue weighted by Gasteiger charge is -2.28. The second-order valence-electron chi connectivity index (χ2n) is 6.09. The highest BCUT2D eigenvalue weighted by Gasteiger charge is 2.22. The van der Waals surface area contributed by atoms with E-state index in [4.69, 9.17) is 4.74 Å². The smallest absolute Gasteiger partial charge is 0.163 e. The molecule has 0 bridgehead atoms. The van der Waals surface area contributed by atoms with Crippen molar-refractivity contribution in [3.05, 3.63) is 12.5 Å². The molecule has 3 heterocycles. The van der Waals surface area contributed by atoms with Gasteiger partial charge in [-0.2, -0.15) is 5.10 Å². The van der Waals surface area contributed by atoms with Crippen molar-refractivity contribution >= 4 is 16.9 Å². The molecule has 1 aliphatic heterocycles. The molecule has 2 aromatic heterocycles. The second kappa shape index (κ2) is 6.58. The molecule has 0 amide bonds. The van der Waals surface area contributed by atoms with Crippen LogP contribution in [0.2, 0.25) is 0 Å². The molecule has 1 fully saturated rings. The third-order valence-electron chi connectivity index (χ3n) is 4.07. The molecule has 1 unspecified atom stereocenters. The van der Waals surface area contributed by atoms with Gasteiger partial charge in [0.2, 0.25) is 0 Å². The minimum Gasteiger partial charge on any atom is -0.376 e. The van der Waals surface area contributed by atoms with Crippen LogP contribution in [0.3, 0.4) is 0 Å². The molecular formula is C15H24N6O. The lowest BCUT2D eigenvalue weighted by Crippen LogP contribution is -2.37. The summed E-state index contributed by atoms with van der Waals surface area (Å²) in [7, 11) is 6.08. The Morgan fingerprint density at radius 3 is 2.91 bits per heavy atom. The highest BCUT2D eigenvalue weighted by Crippen LogP contribution is 2.24. The third kappa shape index (κ3) is 3.20. The highest BCUT2D eigenvalue weighted by molar-refractivity contribution is 5.86. The maximum Gasteiger partial charge on any atom is 0.163 e. The topological polar surface area (TPSA) is 59.3 Å². The van der Waals surface area contributed by atoms with Gasteiger partial charge in [-0.15, -0.1) is 0 Å². The van der Waals surface area contributed by atoms with Crippen LogP contribution in [0, 0.1) is 0 Å². The molecule has 0 aromatic carbocycles. The molecule has 0 spiro atoms. The van der Waals surface area contributed by atoms with Crippen LogP contribution in [-0.4, -0.2) is 71.1 Å². The van der Waals surface area contributed by atoms with Gasteiger partial charge in [0.15, 0.2) is 5.65 Å². The molecule has 0 radical (unpaired) electrons. The molecule has 0 aliphatic carbocycles. The van der Waals surface area contributed by atoms with Crippen molar-refractivity contribution in [2.45, 2.75) is 18.9 Å². The number of aryl methyl sites for hydroxylation is 1. The first-order chi connectivity index (χ1) is 10.6. The van der Waals surface area contributed by atoms with Crippen LogP contribution in [-0.2, 0) is 11.8 Å². The molecular weight excluding hydrogens is 280 g/mol. The Morgan fingerprint density at radius 1 is 1.32 bits per heavy atom. The molecule has 1 aliphatic rings. The van der Waals surface area contributed by atoms with Crippen LogP contribution in [0.25, 0.3) is 11.0 Å². The first-order valence-electron chi connectivity index (χ1n) is 7.79. The Kier molecular flexibility index (Phi) is 4.54. The van der Waals surface area contributed by atoms with E-state index in [-0.39, 0.29) is 0 Å². The summed E-state index contributed by atoms with van der Waals surface area (Å²) in [6, 6.07) is 0. The summed E-state index contributed by atoms with van der Waals surface area (Å²) in [5.74, 6) is 0.954. The lowest BCUT2D eigenvalue weighted by atomic mass is 10.2. The van der Waals surface area contributed by atoms with Gasteiger partial charge in [-0.25, -0.2) is 9.97 Å². The van der Waals surface area contributed by atoms with Crippen LogP contribution in [0.15, 0.2) is 12.5 Å². The van der Waals surface area contributed by atoms with Crippen molar-refractivity contribution < 1.29 is 4.74 Å². The van der Waals surface area contributed by atoms with Gasteiger partial charge in [0, 0.05) is 33.3 Å². The number of nitrogens with zero attached hydrogens (tertiary/aromatic N) is 6. The molecule has 0 N–H and O–H groups in total. The van der Waals surface area contributed by atoms with Gasteiger partial charge in [-0.3, -0.25) is 4.68 Å². The molecule has 3 rings (SSSR count). The second-order valence-corrected chi connectivity index (χ2v) is 6.09. The minimum atomic E-state index is 0.295. The standard InChI is InChI=1S/C15H24N6O/c1-19(2)6-7-21(10-12-5-4-8-22-12)15-13-9-18-20(3)14(13)16-11-17-15/h9,11-12H,4-8,10H2,1-3H3.